The van der Waals surface area contributed by atoms with Gasteiger partial charge in [0.15, 0.2) is 0 Å². The van der Waals surface area contributed by atoms with Gasteiger partial charge >= 0.3 is 0 Å². The highest BCUT2D eigenvalue weighted by Gasteiger charge is 2.20. The van der Waals surface area contributed by atoms with Crippen LogP contribution in [0, 0.1) is 0 Å². The molecule has 0 fully saturated rings. The first kappa shape index (κ1) is 42.6. The molecule has 0 saturated carbocycles. The third-order valence-corrected chi connectivity index (χ3v) is 14.1. The molecule has 0 aliphatic heterocycles. The molecule has 0 saturated heterocycles. The van der Waals surface area contributed by atoms with Gasteiger partial charge in [0, 0.05) is 33.5 Å². The van der Waals surface area contributed by atoms with Gasteiger partial charge in [-0.2, -0.15) is 0 Å². The Balaban J connectivity index is 0.989. The van der Waals surface area contributed by atoms with Gasteiger partial charge in [0.25, 0.3) is 0 Å². The lowest BCUT2D eigenvalue weighted by Gasteiger charge is -2.27. The molecule has 0 aliphatic carbocycles. The predicted molar refractivity (Wildman–Crippen MR) is 306 cm³/mol. The van der Waals surface area contributed by atoms with E-state index >= 15 is 0 Å². The molecular weight excluding hydrogens is 869 g/mol. The van der Waals surface area contributed by atoms with E-state index in [1.54, 1.807) is 0 Å². The van der Waals surface area contributed by atoms with Crippen LogP contribution in [0.5, 0.6) is 0 Å². The van der Waals surface area contributed by atoms with E-state index in [1.807, 2.05) is 0 Å². The van der Waals surface area contributed by atoms with Crippen molar-refractivity contribution in [3.8, 4) is 72.4 Å². The Morgan fingerprint density at radius 1 is 0.236 bits per heavy atom. The zero-order chi connectivity index (χ0) is 47.8. The first-order valence-corrected chi connectivity index (χ1v) is 24.7. The first-order valence-electron chi connectivity index (χ1n) is 24.7. The summed E-state index contributed by atoms with van der Waals surface area (Å²) in [5, 5.41) is 4.94. The maximum Gasteiger partial charge on any atom is 0.0547 e. The predicted octanol–water partition coefficient (Wildman–Crippen LogP) is 19.4. The van der Waals surface area contributed by atoms with Crippen LogP contribution in [0.4, 0.5) is 17.1 Å². The molecule has 13 aromatic rings. The van der Waals surface area contributed by atoms with E-state index in [0.29, 0.717) is 0 Å². The Kier molecular flexibility index (Phi) is 10.9. The zero-order valence-electron chi connectivity index (χ0n) is 39.6. The van der Waals surface area contributed by atoms with E-state index in [2.05, 4.69) is 301 Å². The van der Waals surface area contributed by atoms with Crippen molar-refractivity contribution in [3.05, 3.63) is 291 Å². The fraction of sp³-hybridized carbons (Fsp3) is 0. The lowest BCUT2D eigenvalue weighted by Crippen LogP contribution is -2.10. The molecule has 0 N–H and O–H groups in total. The summed E-state index contributed by atoms with van der Waals surface area (Å²) in [6.45, 7) is 0. The average Bonchev–Trinajstić information content (AvgIpc) is 3.81. The van der Waals surface area contributed by atoms with E-state index in [1.165, 1.54) is 77.1 Å². The minimum absolute atomic E-state index is 1.07. The van der Waals surface area contributed by atoms with Crippen molar-refractivity contribution in [1.29, 1.82) is 0 Å². The molecule has 12 aromatic carbocycles. The van der Waals surface area contributed by atoms with Crippen molar-refractivity contribution in [1.82, 2.24) is 4.57 Å². The molecule has 0 radical (unpaired) electrons. The van der Waals surface area contributed by atoms with Crippen LogP contribution in [-0.4, -0.2) is 4.57 Å². The second-order valence-corrected chi connectivity index (χ2v) is 18.5. The Labute approximate surface area is 420 Å². The molecule has 0 atom stereocenters. The number of nitrogens with zero attached hydrogens (tertiary/aromatic N) is 2. The molecule has 2 heteroatoms. The molecule has 0 spiro atoms. The largest absolute Gasteiger partial charge is 0.310 e. The summed E-state index contributed by atoms with van der Waals surface area (Å²) in [6.07, 6.45) is 0. The molecule has 0 aliphatic rings. The maximum atomic E-state index is 2.40. The Hall–Kier alpha value is -9.50. The van der Waals surface area contributed by atoms with Gasteiger partial charge in [0.1, 0.15) is 0 Å². The number of aromatic nitrogens is 1. The maximum absolute atomic E-state index is 2.40. The van der Waals surface area contributed by atoms with Gasteiger partial charge in [0.05, 0.1) is 11.0 Å². The molecule has 13 rings (SSSR count). The summed E-state index contributed by atoms with van der Waals surface area (Å²) in [4.78, 5) is 2.40. The van der Waals surface area contributed by atoms with Crippen molar-refractivity contribution in [3.63, 3.8) is 0 Å². The third-order valence-electron chi connectivity index (χ3n) is 14.1. The monoisotopic (exact) mass is 916 g/mol. The molecule has 1 heterocycles. The summed E-state index contributed by atoms with van der Waals surface area (Å²) in [5.41, 5.74) is 20.9. The normalized spacial score (nSPS) is 11.3. The Bertz CT molecular complexity index is 3980. The van der Waals surface area contributed by atoms with Gasteiger partial charge in [-0.05, 0) is 162 Å². The van der Waals surface area contributed by atoms with Crippen LogP contribution in [0.1, 0.15) is 0 Å². The number of anilines is 3. The summed E-state index contributed by atoms with van der Waals surface area (Å²) in [5.74, 6) is 0. The second-order valence-electron chi connectivity index (χ2n) is 18.5. The van der Waals surface area contributed by atoms with E-state index in [9.17, 15) is 0 Å². The lowest BCUT2D eigenvalue weighted by molar-refractivity contribution is 1.18. The smallest absolute Gasteiger partial charge is 0.0547 e. The molecule has 1 aromatic heterocycles. The van der Waals surface area contributed by atoms with Crippen LogP contribution >= 0.6 is 0 Å². The van der Waals surface area contributed by atoms with Crippen LogP contribution in [0.2, 0.25) is 0 Å². The van der Waals surface area contributed by atoms with Gasteiger partial charge < -0.3 is 9.47 Å². The van der Waals surface area contributed by atoms with E-state index in [-0.39, 0.29) is 0 Å². The number of hydrogen-bond donors (Lipinski definition) is 0. The Morgan fingerprint density at radius 3 is 1.26 bits per heavy atom. The molecule has 338 valence electrons. The summed E-state index contributed by atoms with van der Waals surface area (Å²) < 4.78 is 2.40. The van der Waals surface area contributed by atoms with Crippen LogP contribution in [0.15, 0.2) is 291 Å². The fourth-order valence-electron chi connectivity index (χ4n) is 10.7. The van der Waals surface area contributed by atoms with Crippen molar-refractivity contribution < 1.29 is 0 Å². The topological polar surface area (TPSA) is 8.17 Å². The van der Waals surface area contributed by atoms with Crippen LogP contribution < -0.4 is 4.90 Å². The van der Waals surface area contributed by atoms with Gasteiger partial charge in [0.2, 0.25) is 0 Å². The number of hydrogen-bond acceptors (Lipinski definition) is 1. The number of fused-ring (bicyclic) bond motifs is 4. The molecule has 0 unspecified atom stereocenters. The quantitative estimate of drug-likeness (QED) is 0.133. The van der Waals surface area contributed by atoms with Gasteiger partial charge in [-0.1, -0.05) is 206 Å². The van der Waals surface area contributed by atoms with Crippen LogP contribution in [0.25, 0.3) is 105 Å². The highest BCUT2D eigenvalue weighted by atomic mass is 15.1. The van der Waals surface area contributed by atoms with E-state index in [4.69, 9.17) is 0 Å². The van der Waals surface area contributed by atoms with Gasteiger partial charge in [-0.15, -0.1) is 0 Å². The first-order chi connectivity index (χ1) is 35.7. The van der Waals surface area contributed by atoms with Crippen molar-refractivity contribution >= 4 is 49.6 Å². The van der Waals surface area contributed by atoms with Crippen molar-refractivity contribution in [2.75, 3.05) is 4.90 Å². The lowest BCUT2D eigenvalue weighted by atomic mass is 9.90. The second kappa shape index (κ2) is 18.4. The number of para-hydroxylation sites is 2. The SMILES string of the molecule is c1ccc(-c2ccc(N(c3ccc(-c4cc(-c5cccc6ccccc56)cc(-c5cccc6c5c5ccccc5n6-c5ccccc5)c4)cc3)c3cc(-c4ccccc4)cc(-c4ccccc4)c3)cc2)cc1. The third kappa shape index (κ3) is 7.92. The van der Waals surface area contributed by atoms with Gasteiger partial charge in [-0.3, -0.25) is 0 Å². The fourth-order valence-corrected chi connectivity index (χ4v) is 10.7. The Morgan fingerprint density at radius 2 is 0.639 bits per heavy atom. The molecule has 2 nitrogen and oxygen atoms in total. The van der Waals surface area contributed by atoms with Crippen LogP contribution in [0.3, 0.4) is 0 Å². The summed E-state index contributed by atoms with van der Waals surface area (Å²) >= 11 is 0. The molecule has 72 heavy (non-hydrogen) atoms. The van der Waals surface area contributed by atoms with Crippen molar-refractivity contribution in [2.45, 2.75) is 0 Å². The van der Waals surface area contributed by atoms with E-state index in [0.717, 1.165) is 45.0 Å². The highest BCUT2D eigenvalue weighted by molar-refractivity contribution is 6.16. The molecule has 0 bridgehead atoms. The summed E-state index contributed by atoms with van der Waals surface area (Å²) in [6, 6.07) is 106. The molecule has 0 amide bonds. The molecular formula is C70H48N2. The minimum atomic E-state index is 1.07. The highest BCUT2D eigenvalue weighted by Crippen LogP contribution is 2.44. The van der Waals surface area contributed by atoms with Gasteiger partial charge in [-0.25, -0.2) is 0 Å². The standard InChI is InChI=1S/C70H48N2/c1-5-19-49(20-6-1)52-35-39-61(40-36-52)71(63-47-56(50-21-7-2-8-22-50)43-57(48-63)51-23-9-3-10-24-51)62-41-37-53(38-42-62)55-44-58(65-31-17-26-54-25-13-14-29-64(54)65)46-59(45-55)66-32-18-34-69-70(66)67-30-15-16-33-68(67)72(69)60-27-11-4-12-28-60/h1-48H. The zero-order valence-corrected chi connectivity index (χ0v) is 39.6. The van der Waals surface area contributed by atoms with E-state index < -0.39 is 0 Å². The van der Waals surface area contributed by atoms with Crippen molar-refractivity contribution in [2.24, 2.45) is 0 Å². The number of rotatable bonds is 10. The minimum Gasteiger partial charge on any atom is -0.310 e. The number of benzene rings is 12. The van der Waals surface area contributed by atoms with Crippen LogP contribution in [-0.2, 0) is 0 Å². The average molecular weight is 917 g/mol. The summed E-state index contributed by atoms with van der Waals surface area (Å²) in [7, 11) is 0.